The molecule has 0 radical (unpaired) electrons. The first-order valence-corrected chi connectivity index (χ1v) is 10.7. The number of amides is 1. The summed E-state index contributed by atoms with van der Waals surface area (Å²) in [6.45, 7) is 4.74. The molecule has 0 saturated carbocycles. The van der Waals surface area contributed by atoms with E-state index in [4.69, 9.17) is 0 Å². The maximum atomic E-state index is 13.6. The van der Waals surface area contributed by atoms with Crippen molar-refractivity contribution in [1.29, 1.82) is 0 Å². The van der Waals surface area contributed by atoms with Crippen LogP contribution in [0.5, 0.6) is 0 Å². The van der Waals surface area contributed by atoms with E-state index in [-0.39, 0.29) is 23.8 Å². The summed E-state index contributed by atoms with van der Waals surface area (Å²) in [5, 5.41) is 7.23. The Kier molecular flexibility index (Phi) is 6.30. The van der Waals surface area contributed by atoms with Crippen molar-refractivity contribution in [2.75, 3.05) is 18.4 Å². The summed E-state index contributed by atoms with van der Waals surface area (Å²) >= 11 is 0. The minimum atomic E-state index is -4.49. The molecule has 11 heteroatoms. The lowest BCUT2D eigenvalue weighted by Crippen LogP contribution is -2.51. The third-order valence-corrected chi connectivity index (χ3v) is 5.79. The Morgan fingerprint density at radius 2 is 2.00 bits per heavy atom. The average Bonchev–Trinajstić information content (AvgIpc) is 3.32. The van der Waals surface area contributed by atoms with Crippen LogP contribution in [-0.4, -0.2) is 54.7 Å². The van der Waals surface area contributed by atoms with Crippen molar-refractivity contribution in [2.24, 2.45) is 5.92 Å². The van der Waals surface area contributed by atoms with Crippen LogP contribution in [0, 0.1) is 12.8 Å². The van der Waals surface area contributed by atoms with Gasteiger partial charge in [-0.1, -0.05) is 6.92 Å². The number of rotatable bonds is 5. The molecular formula is C22H24F3N7O. The molecule has 3 aromatic rings. The van der Waals surface area contributed by atoms with Gasteiger partial charge in [-0.25, -0.2) is 19.6 Å². The Morgan fingerprint density at radius 3 is 2.67 bits per heavy atom. The second-order valence-electron chi connectivity index (χ2n) is 8.13. The van der Waals surface area contributed by atoms with Crippen molar-refractivity contribution in [3.8, 4) is 5.69 Å². The summed E-state index contributed by atoms with van der Waals surface area (Å²) in [7, 11) is 0. The van der Waals surface area contributed by atoms with E-state index in [1.807, 2.05) is 19.1 Å². The predicted octanol–water partition coefficient (Wildman–Crippen LogP) is 3.74. The van der Waals surface area contributed by atoms with Gasteiger partial charge in [0.25, 0.3) is 5.91 Å². The summed E-state index contributed by atoms with van der Waals surface area (Å²) in [5.41, 5.74) is 0.704. The standard InChI is InChI=1S/C22H24F3N7O/c1-14-5-3-9-31(18(14)13-28-21-26-11-16(12-27-21)22(23,24)25)20(33)19-17(7-6-15(2)30-19)32-10-4-8-29-32/h4,6-8,10-12,14,18H,3,5,9,13H2,1-2H3,(H,26,27,28)/t14-,18?/m1/s1. The fourth-order valence-corrected chi connectivity index (χ4v) is 4.01. The largest absolute Gasteiger partial charge is 0.419 e. The van der Waals surface area contributed by atoms with Crippen LogP contribution in [-0.2, 0) is 6.18 Å². The molecule has 0 aromatic carbocycles. The molecule has 174 valence electrons. The zero-order valence-electron chi connectivity index (χ0n) is 18.3. The van der Waals surface area contributed by atoms with E-state index in [0.717, 1.165) is 25.2 Å². The summed E-state index contributed by atoms with van der Waals surface area (Å²) in [4.78, 5) is 27.5. The number of anilines is 1. The van der Waals surface area contributed by atoms with Crippen LogP contribution < -0.4 is 5.32 Å². The molecule has 33 heavy (non-hydrogen) atoms. The van der Waals surface area contributed by atoms with Crippen LogP contribution in [0.2, 0.25) is 0 Å². The molecule has 1 N–H and O–H groups in total. The van der Waals surface area contributed by atoms with Gasteiger partial charge in [0, 0.05) is 43.6 Å². The van der Waals surface area contributed by atoms with E-state index in [1.165, 1.54) is 0 Å². The molecule has 8 nitrogen and oxygen atoms in total. The zero-order chi connectivity index (χ0) is 23.6. The molecule has 4 rings (SSSR count). The Hall–Kier alpha value is -3.50. The number of nitrogens with one attached hydrogen (secondary N) is 1. The van der Waals surface area contributed by atoms with Crippen molar-refractivity contribution in [2.45, 2.75) is 38.9 Å². The minimum absolute atomic E-state index is 0.0825. The number of aromatic nitrogens is 5. The number of carbonyl (C=O) groups is 1. The maximum Gasteiger partial charge on any atom is 0.419 e. The number of halogens is 3. The number of pyridine rings is 1. The number of aryl methyl sites for hydroxylation is 1. The topological polar surface area (TPSA) is 88.8 Å². The first kappa shape index (κ1) is 22.7. The fourth-order valence-electron chi connectivity index (χ4n) is 4.01. The highest BCUT2D eigenvalue weighted by Crippen LogP contribution is 2.29. The lowest BCUT2D eigenvalue weighted by molar-refractivity contribution is -0.138. The van der Waals surface area contributed by atoms with E-state index in [9.17, 15) is 18.0 Å². The molecule has 1 amide bonds. The summed E-state index contributed by atoms with van der Waals surface area (Å²) in [5.74, 6) is 0.0394. The molecule has 1 unspecified atom stereocenters. The van der Waals surface area contributed by atoms with Gasteiger partial charge in [0.15, 0.2) is 5.69 Å². The molecule has 1 aliphatic heterocycles. The van der Waals surface area contributed by atoms with Gasteiger partial charge in [0.05, 0.1) is 17.3 Å². The van der Waals surface area contributed by atoms with E-state index in [1.54, 1.807) is 28.0 Å². The summed E-state index contributed by atoms with van der Waals surface area (Å²) in [6, 6.07) is 5.21. The van der Waals surface area contributed by atoms with E-state index in [0.29, 0.717) is 30.2 Å². The van der Waals surface area contributed by atoms with E-state index < -0.39 is 11.7 Å². The van der Waals surface area contributed by atoms with Crippen LogP contribution in [0.15, 0.2) is 43.0 Å². The van der Waals surface area contributed by atoms with Gasteiger partial charge in [0.2, 0.25) is 5.95 Å². The van der Waals surface area contributed by atoms with Crippen molar-refractivity contribution in [3.05, 3.63) is 59.9 Å². The van der Waals surface area contributed by atoms with Crippen LogP contribution >= 0.6 is 0 Å². The van der Waals surface area contributed by atoms with Crippen molar-refractivity contribution in [1.82, 2.24) is 29.6 Å². The lowest BCUT2D eigenvalue weighted by Gasteiger charge is -2.40. The molecule has 0 bridgehead atoms. The molecular weight excluding hydrogens is 435 g/mol. The molecule has 4 heterocycles. The molecule has 1 aliphatic rings. The Bertz CT molecular complexity index is 1100. The third kappa shape index (κ3) is 4.96. The monoisotopic (exact) mass is 459 g/mol. The SMILES string of the molecule is Cc1ccc(-n2cccn2)c(C(=O)N2CCC[C@@H](C)C2CNc2ncc(C(F)(F)F)cn2)n1. The van der Waals surface area contributed by atoms with Crippen molar-refractivity contribution < 1.29 is 18.0 Å². The van der Waals surface area contributed by atoms with Crippen LogP contribution in [0.1, 0.15) is 41.5 Å². The van der Waals surface area contributed by atoms with Gasteiger partial charge in [-0.2, -0.15) is 18.3 Å². The van der Waals surface area contributed by atoms with Crippen LogP contribution in [0.4, 0.5) is 19.1 Å². The molecule has 0 spiro atoms. The third-order valence-electron chi connectivity index (χ3n) is 5.79. The molecule has 3 aromatic heterocycles. The van der Waals surface area contributed by atoms with Crippen LogP contribution in [0.25, 0.3) is 5.69 Å². The van der Waals surface area contributed by atoms with Crippen molar-refractivity contribution in [3.63, 3.8) is 0 Å². The Morgan fingerprint density at radius 1 is 1.24 bits per heavy atom. The number of piperidine rings is 1. The lowest BCUT2D eigenvalue weighted by atomic mass is 9.90. The number of nitrogens with zero attached hydrogens (tertiary/aromatic N) is 6. The first-order valence-electron chi connectivity index (χ1n) is 10.7. The predicted molar refractivity (Wildman–Crippen MR) is 115 cm³/mol. The van der Waals surface area contributed by atoms with Crippen LogP contribution in [0.3, 0.4) is 0 Å². The Labute approximate surface area is 188 Å². The summed E-state index contributed by atoms with van der Waals surface area (Å²) < 4.78 is 39.9. The fraction of sp³-hybridized carbons (Fsp3) is 0.409. The van der Waals surface area contributed by atoms with Gasteiger partial charge >= 0.3 is 6.18 Å². The quantitative estimate of drug-likeness (QED) is 0.625. The van der Waals surface area contributed by atoms with Crippen molar-refractivity contribution >= 4 is 11.9 Å². The molecule has 1 fully saturated rings. The number of alkyl halides is 3. The van der Waals surface area contributed by atoms with Gasteiger partial charge in [0.1, 0.15) is 0 Å². The normalized spacial score (nSPS) is 18.9. The molecule has 0 aliphatic carbocycles. The number of likely N-dealkylation sites (tertiary alicyclic amines) is 1. The van der Waals surface area contributed by atoms with E-state index >= 15 is 0 Å². The smallest absolute Gasteiger partial charge is 0.352 e. The molecule has 2 atom stereocenters. The highest BCUT2D eigenvalue weighted by molar-refractivity contribution is 5.96. The Balaban J connectivity index is 1.55. The molecule has 1 saturated heterocycles. The average molecular weight is 459 g/mol. The highest BCUT2D eigenvalue weighted by Gasteiger charge is 2.35. The highest BCUT2D eigenvalue weighted by atomic mass is 19.4. The number of hydrogen-bond donors (Lipinski definition) is 1. The zero-order valence-corrected chi connectivity index (χ0v) is 18.3. The number of carbonyl (C=O) groups excluding carboxylic acids is 1. The van der Waals surface area contributed by atoms with Gasteiger partial charge in [-0.05, 0) is 43.9 Å². The number of hydrogen-bond acceptors (Lipinski definition) is 6. The summed E-state index contributed by atoms with van der Waals surface area (Å²) in [6.07, 6.45) is 2.16. The van der Waals surface area contributed by atoms with Gasteiger partial charge < -0.3 is 10.2 Å². The van der Waals surface area contributed by atoms with Gasteiger partial charge in [-0.15, -0.1) is 0 Å². The maximum absolute atomic E-state index is 13.6. The van der Waals surface area contributed by atoms with Gasteiger partial charge in [-0.3, -0.25) is 4.79 Å². The first-order chi connectivity index (χ1) is 15.7. The van der Waals surface area contributed by atoms with E-state index in [2.05, 4.69) is 32.3 Å². The second-order valence-corrected chi connectivity index (χ2v) is 8.13. The minimum Gasteiger partial charge on any atom is -0.352 e. The second kappa shape index (κ2) is 9.16.